The number of nitrogens with one attached hydrogen (secondary N) is 1. The SMILES string of the molecule is Cc1c(C(=O)c2ccccc2)oc2ccc(NC(=O)c3ccccc3Br)cc12. The van der Waals surface area contributed by atoms with Gasteiger partial charge in [-0.05, 0) is 53.2 Å². The van der Waals surface area contributed by atoms with Crippen LogP contribution < -0.4 is 5.32 Å². The Labute approximate surface area is 170 Å². The van der Waals surface area contributed by atoms with Crippen LogP contribution >= 0.6 is 15.9 Å². The quantitative estimate of drug-likeness (QED) is 0.402. The number of ketones is 1. The van der Waals surface area contributed by atoms with Crippen molar-refractivity contribution in [3.63, 3.8) is 0 Å². The normalized spacial score (nSPS) is 10.8. The molecule has 4 aromatic rings. The van der Waals surface area contributed by atoms with E-state index >= 15 is 0 Å². The summed E-state index contributed by atoms with van der Waals surface area (Å²) in [6.07, 6.45) is 0. The highest BCUT2D eigenvalue weighted by molar-refractivity contribution is 9.10. The molecule has 4 nitrogen and oxygen atoms in total. The molecular weight excluding hydrogens is 418 g/mol. The van der Waals surface area contributed by atoms with Crippen LogP contribution in [0.3, 0.4) is 0 Å². The molecule has 0 unspecified atom stereocenters. The smallest absolute Gasteiger partial charge is 0.256 e. The van der Waals surface area contributed by atoms with Gasteiger partial charge in [0.25, 0.3) is 5.91 Å². The number of furan rings is 1. The number of rotatable bonds is 4. The Bertz CT molecular complexity index is 1200. The average Bonchev–Trinajstić information content (AvgIpc) is 3.04. The predicted molar refractivity (Wildman–Crippen MR) is 113 cm³/mol. The number of hydrogen-bond acceptors (Lipinski definition) is 3. The summed E-state index contributed by atoms with van der Waals surface area (Å²) in [7, 11) is 0. The minimum Gasteiger partial charge on any atom is -0.452 e. The Morgan fingerprint density at radius 1 is 0.929 bits per heavy atom. The zero-order valence-electron chi connectivity index (χ0n) is 15.0. The molecule has 5 heteroatoms. The van der Waals surface area contributed by atoms with Crippen LogP contribution in [0, 0.1) is 6.92 Å². The van der Waals surface area contributed by atoms with E-state index in [1.165, 1.54) is 0 Å². The van der Waals surface area contributed by atoms with Crippen molar-refractivity contribution in [2.24, 2.45) is 0 Å². The second-order valence-corrected chi connectivity index (χ2v) is 7.25. The van der Waals surface area contributed by atoms with Crippen LogP contribution in [0.5, 0.6) is 0 Å². The second-order valence-electron chi connectivity index (χ2n) is 6.40. The largest absolute Gasteiger partial charge is 0.452 e. The molecule has 4 rings (SSSR count). The minimum atomic E-state index is -0.214. The fraction of sp³-hybridized carbons (Fsp3) is 0.0435. The van der Waals surface area contributed by atoms with E-state index in [1.807, 2.05) is 49.4 Å². The first-order valence-corrected chi connectivity index (χ1v) is 9.52. The van der Waals surface area contributed by atoms with E-state index < -0.39 is 0 Å². The number of carbonyl (C=O) groups excluding carboxylic acids is 2. The Morgan fingerprint density at radius 2 is 1.64 bits per heavy atom. The fourth-order valence-corrected chi connectivity index (χ4v) is 3.54. The summed E-state index contributed by atoms with van der Waals surface area (Å²) in [6.45, 7) is 1.85. The van der Waals surface area contributed by atoms with Crippen molar-refractivity contribution >= 4 is 44.3 Å². The maximum atomic E-state index is 12.8. The van der Waals surface area contributed by atoms with Crippen molar-refractivity contribution in [2.45, 2.75) is 6.92 Å². The van der Waals surface area contributed by atoms with E-state index in [1.54, 1.807) is 30.3 Å². The van der Waals surface area contributed by atoms with Gasteiger partial charge in [0.05, 0.1) is 5.56 Å². The average molecular weight is 434 g/mol. The van der Waals surface area contributed by atoms with Crippen LogP contribution in [0.25, 0.3) is 11.0 Å². The molecule has 0 radical (unpaired) electrons. The summed E-state index contributed by atoms with van der Waals surface area (Å²) in [6, 6.07) is 21.6. The molecule has 0 spiro atoms. The molecule has 0 bridgehead atoms. The summed E-state index contributed by atoms with van der Waals surface area (Å²) in [5.41, 5.74) is 3.12. The number of fused-ring (bicyclic) bond motifs is 1. The summed E-state index contributed by atoms with van der Waals surface area (Å²) in [5, 5.41) is 3.69. The minimum absolute atomic E-state index is 0.159. The van der Waals surface area contributed by atoms with Gasteiger partial charge < -0.3 is 9.73 Å². The van der Waals surface area contributed by atoms with Crippen molar-refractivity contribution in [3.8, 4) is 0 Å². The molecule has 1 aromatic heterocycles. The number of benzene rings is 3. The summed E-state index contributed by atoms with van der Waals surface area (Å²) in [4.78, 5) is 25.3. The lowest BCUT2D eigenvalue weighted by Gasteiger charge is -2.07. The van der Waals surface area contributed by atoms with Crippen LogP contribution in [0.15, 0.2) is 81.7 Å². The third-order valence-corrected chi connectivity index (χ3v) is 5.25. The Morgan fingerprint density at radius 3 is 2.39 bits per heavy atom. The third-order valence-electron chi connectivity index (χ3n) is 4.55. The number of aryl methyl sites for hydroxylation is 1. The number of halogens is 1. The van der Waals surface area contributed by atoms with Crippen molar-refractivity contribution in [1.82, 2.24) is 0 Å². The predicted octanol–water partition coefficient (Wildman–Crippen LogP) is 5.99. The summed E-state index contributed by atoms with van der Waals surface area (Å²) in [5.74, 6) is -0.0582. The van der Waals surface area contributed by atoms with Gasteiger partial charge in [0.1, 0.15) is 5.58 Å². The van der Waals surface area contributed by atoms with E-state index in [2.05, 4.69) is 21.2 Å². The van der Waals surface area contributed by atoms with E-state index in [0.717, 1.165) is 15.4 Å². The van der Waals surface area contributed by atoms with Crippen LogP contribution in [-0.4, -0.2) is 11.7 Å². The maximum absolute atomic E-state index is 12.8. The molecule has 0 aliphatic carbocycles. The van der Waals surface area contributed by atoms with E-state index in [0.29, 0.717) is 28.2 Å². The highest BCUT2D eigenvalue weighted by Gasteiger charge is 2.19. The maximum Gasteiger partial charge on any atom is 0.256 e. The van der Waals surface area contributed by atoms with E-state index in [4.69, 9.17) is 4.42 Å². The molecule has 3 aromatic carbocycles. The van der Waals surface area contributed by atoms with Gasteiger partial charge in [0, 0.05) is 26.7 Å². The first-order chi connectivity index (χ1) is 13.5. The topological polar surface area (TPSA) is 59.3 Å². The lowest BCUT2D eigenvalue weighted by molar-refractivity contribution is 0.101. The molecule has 0 atom stereocenters. The number of carbonyl (C=O) groups is 2. The zero-order chi connectivity index (χ0) is 19.7. The molecule has 1 amide bonds. The van der Waals surface area contributed by atoms with Gasteiger partial charge >= 0.3 is 0 Å². The lowest BCUT2D eigenvalue weighted by Crippen LogP contribution is -2.12. The van der Waals surface area contributed by atoms with Crippen LogP contribution in [0.4, 0.5) is 5.69 Å². The standard InChI is InChI=1S/C23H16BrNO3/c1-14-18-13-16(25-23(27)17-9-5-6-10-19(17)24)11-12-20(18)28-22(14)21(26)15-7-3-2-4-8-15/h2-13H,1H3,(H,25,27). The zero-order valence-corrected chi connectivity index (χ0v) is 16.6. The summed E-state index contributed by atoms with van der Waals surface area (Å²) < 4.78 is 6.53. The third kappa shape index (κ3) is 3.37. The van der Waals surface area contributed by atoms with E-state index in [-0.39, 0.29) is 11.7 Å². The Kier molecular flexibility index (Phi) is 4.84. The van der Waals surface area contributed by atoms with Crippen molar-refractivity contribution < 1.29 is 14.0 Å². The first kappa shape index (κ1) is 18.2. The number of amides is 1. The lowest BCUT2D eigenvalue weighted by atomic mass is 10.0. The Hall–Kier alpha value is -3.18. The monoisotopic (exact) mass is 433 g/mol. The van der Waals surface area contributed by atoms with Gasteiger partial charge in [-0.3, -0.25) is 9.59 Å². The van der Waals surface area contributed by atoms with Gasteiger partial charge in [0.15, 0.2) is 5.76 Å². The second kappa shape index (κ2) is 7.44. The molecule has 138 valence electrons. The molecular formula is C23H16BrNO3. The van der Waals surface area contributed by atoms with Crippen molar-refractivity contribution in [1.29, 1.82) is 0 Å². The van der Waals surface area contributed by atoms with Crippen LogP contribution in [-0.2, 0) is 0 Å². The molecule has 1 heterocycles. The molecule has 0 fully saturated rings. The van der Waals surface area contributed by atoms with Crippen LogP contribution in [0.2, 0.25) is 0 Å². The van der Waals surface area contributed by atoms with Crippen LogP contribution in [0.1, 0.15) is 32.0 Å². The van der Waals surface area contributed by atoms with Gasteiger partial charge in [-0.15, -0.1) is 0 Å². The molecule has 28 heavy (non-hydrogen) atoms. The number of hydrogen-bond donors (Lipinski definition) is 1. The molecule has 0 saturated carbocycles. The molecule has 1 N–H and O–H groups in total. The van der Waals surface area contributed by atoms with Crippen molar-refractivity contribution in [2.75, 3.05) is 5.32 Å². The highest BCUT2D eigenvalue weighted by atomic mass is 79.9. The highest BCUT2D eigenvalue weighted by Crippen LogP contribution is 2.30. The fourth-order valence-electron chi connectivity index (χ4n) is 3.08. The van der Waals surface area contributed by atoms with Gasteiger partial charge in [-0.2, -0.15) is 0 Å². The number of anilines is 1. The van der Waals surface area contributed by atoms with Gasteiger partial charge in [-0.1, -0.05) is 42.5 Å². The van der Waals surface area contributed by atoms with Gasteiger partial charge in [0.2, 0.25) is 5.78 Å². The molecule has 0 aliphatic heterocycles. The summed E-state index contributed by atoms with van der Waals surface area (Å²) >= 11 is 3.39. The first-order valence-electron chi connectivity index (χ1n) is 8.73. The van der Waals surface area contributed by atoms with Gasteiger partial charge in [-0.25, -0.2) is 0 Å². The molecule has 0 aliphatic rings. The molecule has 0 saturated heterocycles. The van der Waals surface area contributed by atoms with Crippen molar-refractivity contribution in [3.05, 3.63) is 99.7 Å². The Balaban J connectivity index is 1.66. The van der Waals surface area contributed by atoms with E-state index in [9.17, 15) is 9.59 Å².